The minimum absolute atomic E-state index is 0.0987. The Hall–Kier alpha value is -1.09. The molecule has 0 aromatic rings. The molecule has 16 heavy (non-hydrogen) atoms. The lowest BCUT2D eigenvalue weighted by Gasteiger charge is -2.23. The molecule has 5 nitrogen and oxygen atoms in total. The Labute approximate surface area is 95.7 Å². The molecule has 1 amide bonds. The van der Waals surface area contributed by atoms with Gasteiger partial charge in [0, 0.05) is 6.04 Å². The number of nitrogens with zero attached hydrogens (tertiary/aromatic N) is 1. The summed E-state index contributed by atoms with van der Waals surface area (Å²) in [6.07, 6.45) is 1.39. The van der Waals surface area contributed by atoms with Crippen molar-refractivity contribution >= 4 is 15.7 Å². The number of nitriles is 1. The fourth-order valence-corrected chi connectivity index (χ4v) is 3.16. The zero-order valence-electron chi connectivity index (χ0n) is 9.27. The predicted octanol–water partition coefficient (Wildman–Crippen LogP) is 0.230. The van der Waals surface area contributed by atoms with Gasteiger partial charge in [0.1, 0.15) is 15.8 Å². The summed E-state index contributed by atoms with van der Waals surface area (Å²) in [5, 5.41) is 11.4. The average molecular weight is 244 g/mol. The lowest BCUT2D eigenvalue weighted by Crippen LogP contribution is -2.43. The van der Waals surface area contributed by atoms with Crippen LogP contribution in [0.4, 0.5) is 0 Å². The molecule has 90 valence electrons. The highest BCUT2D eigenvalue weighted by molar-refractivity contribution is 7.91. The standard InChI is InChI=1S/C10H16N2O3S/c1-2-8(7-11)10(13)12-9-3-5-16(14,15)6-4-9/h8-9H,2-6H2,1H3,(H,12,13). The SMILES string of the molecule is CCC(C#N)C(=O)NC1CCS(=O)(=O)CC1. The Morgan fingerprint density at radius 3 is 2.50 bits per heavy atom. The average Bonchev–Trinajstić information content (AvgIpc) is 2.23. The molecule has 1 atom stereocenters. The maximum Gasteiger partial charge on any atom is 0.237 e. The monoisotopic (exact) mass is 244 g/mol. The molecule has 1 aliphatic heterocycles. The first kappa shape index (κ1) is 13.0. The van der Waals surface area contributed by atoms with E-state index in [-0.39, 0.29) is 23.5 Å². The smallest absolute Gasteiger partial charge is 0.237 e. The summed E-state index contributed by atoms with van der Waals surface area (Å²) < 4.78 is 22.3. The molecule has 1 N–H and O–H groups in total. The fraction of sp³-hybridized carbons (Fsp3) is 0.800. The molecular formula is C10H16N2O3S. The van der Waals surface area contributed by atoms with E-state index in [1.807, 2.05) is 6.07 Å². The van der Waals surface area contributed by atoms with E-state index in [0.29, 0.717) is 19.3 Å². The quantitative estimate of drug-likeness (QED) is 0.769. The largest absolute Gasteiger partial charge is 0.352 e. The summed E-state index contributed by atoms with van der Waals surface area (Å²) in [6, 6.07) is 1.83. The summed E-state index contributed by atoms with van der Waals surface area (Å²) in [7, 11) is -2.90. The highest BCUT2D eigenvalue weighted by atomic mass is 32.2. The van der Waals surface area contributed by atoms with Crippen molar-refractivity contribution in [2.75, 3.05) is 11.5 Å². The molecule has 0 aliphatic carbocycles. The maximum atomic E-state index is 11.6. The molecule has 0 bridgehead atoms. The maximum absolute atomic E-state index is 11.6. The van der Waals surface area contributed by atoms with E-state index >= 15 is 0 Å². The molecule has 0 saturated carbocycles. The van der Waals surface area contributed by atoms with Crippen LogP contribution in [0.25, 0.3) is 0 Å². The Morgan fingerprint density at radius 2 is 2.06 bits per heavy atom. The van der Waals surface area contributed by atoms with Crippen molar-refractivity contribution in [3.8, 4) is 6.07 Å². The van der Waals surface area contributed by atoms with Crippen LogP contribution >= 0.6 is 0 Å². The highest BCUT2D eigenvalue weighted by Crippen LogP contribution is 2.13. The number of amides is 1. The van der Waals surface area contributed by atoms with Crippen LogP contribution in [-0.4, -0.2) is 31.9 Å². The van der Waals surface area contributed by atoms with Gasteiger partial charge in [-0.1, -0.05) is 6.92 Å². The van der Waals surface area contributed by atoms with Crippen LogP contribution in [0, 0.1) is 17.2 Å². The van der Waals surface area contributed by atoms with Gasteiger partial charge < -0.3 is 5.32 Å². The molecule has 1 fully saturated rings. The van der Waals surface area contributed by atoms with E-state index in [4.69, 9.17) is 5.26 Å². The molecule has 0 radical (unpaired) electrons. The van der Waals surface area contributed by atoms with E-state index in [0.717, 1.165) is 0 Å². The van der Waals surface area contributed by atoms with Gasteiger partial charge in [0.05, 0.1) is 17.6 Å². The van der Waals surface area contributed by atoms with Gasteiger partial charge in [-0.25, -0.2) is 8.42 Å². The number of hydrogen-bond acceptors (Lipinski definition) is 4. The summed E-state index contributed by atoms with van der Waals surface area (Å²) in [6.45, 7) is 1.78. The van der Waals surface area contributed by atoms with Crippen LogP contribution in [0.2, 0.25) is 0 Å². The first-order valence-corrected chi connectivity index (χ1v) is 7.21. The van der Waals surface area contributed by atoms with Crippen molar-refractivity contribution in [3.05, 3.63) is 0 Å². The van der Waals surface area contributed by atoms with E-state index in [2.05, 4.69) is 5.32 Å². The molecule has 1 rings (SSSR count). The van der Waals surface area contributed by atoms with Gasteiger partial charge >= 0.3 is 0 Å². The van der Waals surface area contributed by atoms with Crippen LogP contribution < -0.4 is 5.32 Å². The van der Waals surface area contributed by atoms with Gasteiger partial charge in [0.25, 0.3) is 0 Å². The second-order valence-corrected chi connectivity index (χ2v) is 6.33. The third-order valence-corrected chi connectivity index (χ3v) is 4.50. The second-order valence-electron chi connectivity index (χ2n) is 4.02. The summed E-state index contributed by atoms with van der Waals surface area (Å²) in [5.41, 5.74) is 0. The van der Waals surface area contributed by atoms with Crippen LogP contribution in [0.1, 0.15) is 26.2 Å². The van der Waals surface area contributed by atoms with Crippen LogP contribution in [0.5, 0.6) is 0 Å². The first-order chi connectivity index (χ1) is 7.48. The molecule has 0 aromatic heterocycles. The van der Waals surface area contributed by atoms with Crippen molar-refractivity contribution in [1.29, 1.82) is 5.26 Å². The van der Waals surface area contributed by atoms with Crippen molar-refractivity contribution in [2.24, 2.45) is 5.92 Å². The fourth-order valence-electron chi connectivity index (χ4n) is 1.67. The van der Waals surface area contributed by atoms with Gasteiger partial charge in [-0.2, -0.15) is 5.26 Å². The molecule has 0 aromatic carbocycles. The minimum Gasteiger partial charge on any atom is -0.352 e. The minimum atomic E-state index is -2.90. The van der Waals surface area contributed by atoms with Crippen LogP contribution in [0.3, 0.4) is 0 Å². The topological polar surface area (TPSA) is 87.0 Å². The lowest BCUT2D eigenvalue weighted by atomic mass is 10.1. The number of hydrogen-bond donors (Lipinski definition) is 1. The van der Waals surface area contributed by atoms with E-state index in [1.165, 1.54) is 0 Å². The van der Waals surface area contributed by atoms with Crippen molar-refractivity contribution in [2.45, 2.75) is 32.2 Å². The molecular weight excluding hydrogens is 228 g/mol. The van der Waals surface area contributed by atoms with E-state index in [9.17, 15) is 13.2 Å². The highest BCUT2D eigenvalue weighted by Gasteiger charge is 2.26. The summed E-state index contributed by atoms with van der Waals surface area (Å²) in [5.74, 6) is -0.657. The number of sulfone groups is 1. The number of carbonyl (C=O) groups excluding carboxylic acids is 1. The second kappa shape index (κ2) is 5.30. The summed E-state index contributed by atoms with van der Waals surface area (Å²) in [4.78, 5) is 11.6. The lowest BCUT2D eigenvalue weighted by molar-refractivity contribution is -0.124. The molecule has 0 spiro atoms. The third-order valence-electron chi connectivity index (χ3n) is 2.78. The molecule has 1 aliphatic rings. The van der Waals surface area contributed by atoms with Gasteiger partial charge in [0.2, 0.25) is 5.91 Å². The molecule has 6 heteroatoms. The predicted molar refractivity (Wildman–Crippen MR) is 59.2 cm³/mol. The van der Waals surface area contributed by atoms with Crippen molar-refractivity contribution in [3.63, 3.8) is 0 Å². The number of rotatable bonds is 3. The van der Waals surface area contributed by atoms with E-state index < -0.39 is 15.8 Å². The van der Waals surface area contributed by atoms with Crippen LogP contribution in [0.15, 0.2) is 0 Å². The molecule has 1 saturated heterocycles. The van der Waals surface area contributed by atoms with Crippen LogP contribution in [-0.2, 0) is 14.6 Å². The first-order valence-electron chi connectivity index (χ1n) is 5.39. The van der Waals surface area contributed by atoms with Gasteiger partial charge in [-0.15, -0.1) is 0 Å². The molecule has 1 unspecified atom stereocenters. The Bertz CT molecular complexity index is 383. The van der Waals surface area contributed by atoms with E-state index in [1.54, 1.807) is 6.92 Å². The van der Waals surface area contributed by atoms with Gasteiger partial charge in [-0.3, -0.25) is 4.79 Å². The Morgan fingerprint density at radius 1 is 1.50 bits per heavy atom. The van der Waals surface area contributed by atoms with Gasteiger partial charge in [0.15, 0.2) is 0 Å². The zero-order chi connectivity index (χ0) is 12.2. The Kier molecular flexibility index (Phi) is 4.30. The van der Waals surface area contributed by atoms with Crippen molar-refractivity contribution in [1.82, 2.24) is 5.32 Å². The van der Waals surface area contributed by atoms with Gasteiger partial charge in [-0.05, 0) is 19.3 Å². The third kappa shape index (κ3) is 3.49. The zero-order valence-corrected chi connectivity index (χ0v) is 10.1. The number of nitrogens with one attached hydrogen (secondary N) is 1. The Balaban J connectivity index is 2.46. The number of carbonyl (C=O) groups is 1. The normalized spacial score (nSPS) is 22.0. The molecule has 1 heterocycles. The van der Waals surface area contributed by atoms with Crippen molar-refractivity contribution < 1.29 is 13.2 Å². The summed E-state index contributed by atoms with van der Waals surface area (Å²) >= 11 is 0.